The summed E-state index contributed by atoms with van der Waals surface area (Å²) < 4.78 is 10.6. The molecule has 0 spiro atoms. The lowest BCUT2D eigenvalue weighted by molar-refractivity contribution is 0.407. The Kier molecular flexibility index (Phi) is 2.64. The number of rotatable bonds is 4. The zero-order chi connectivity index (χ0) is 12.7. The van der Waals surface area contributed by atoms with Gasteiger partial charge in [-0.25, -0.2) is 0 Å². The van der Waals surface area contributed by atoms with Gasteiger partial charge < -0.3 is 9.47 Å². The minimum atomic E-state index is 0.327. The summed E-state index contributed by atoms with van der Waals surface area (Å²) in [5.41, 5.74) is 3.44. The summed E-state index contributed by atoms with van der Waals surface area (Å²) in [6.45, 7) is 2.54. The summed E-state index contributed by atoms with van der Waals surface area (Å²) in [7, 11) is 0. The van der Waals surface area contributed by atoms with E-state index in [1.165, 1.54) is 5.56 Å². The van der Waals surface area contributed by atoms with Crippen LogP contribution in [0.4, 0.5) is 5.69 Å². The quantitative estimate of drug-likeness (QED) is 0.774. The van der Waals surface area contributed by atoms with Gasteiger partial charge in [0.25, 0.3) is 0 Å². The molecule has 2 unspecified atom stereocenters. The van der Waals surface area contributed by atoms with E-state index >= 15 is 0 Å². The Balaban J connectivity index is 1.66. The van der Waals surface area contributed by atoms with Crippen molar-refractivity contribution in [1.29, 1.82) is 0 Å². The number of anilines is 1. The Morgan fingerprint density at radius 3 is 2.68 bits per heavy atom. The molecule has 3 heterocycles. The van der Waals surface area contributed by atoms with Gasteiger partial charge in [0.1, 0.15) is 6.10 Å². The minimum Gasteiger partial charge on any atom is -0.373 e. The van der Waals surface area contributed by atoms with E-state index in [0.717, 1.165) is 37.6 Å². The van der Waals surface area contributed by atoms with Crippen LogP contribution in [0.3, 0.4) is 0 Å². The van der Waals surface area contributed by atoms with Crippen LogP contribution in [0.15, 0.2) is 35.4 Å². The number of benzene rings is 1. The second-order valence-corrected chi connectivity index (χ2v) is 5.18. The Hall–Kier alpha value is -1.65. The first-order valence-electron chi connectivity index (χ1n) is 6.74. The highest BCUT2D eigenvalue weighted by molar-refractivity contribution is 6.01. The van der Waals surface area contributed by atoms with Gasteiger partial charge in [0.15, 0.2) is 0 Å². The second kappa shape index (κ2) is 4.47. The van der Waals surface area contributed by atoms with Crippen molar-refractivity contribution in [1.82, 2.24) is 0 Å². The van der Waals surface area contributed by atoms with Crippen LogP contribution in [0, 0.1) is 0 Å². The molecule has 1 aromatic carbocycles. The maximum absolute atomic E-state index is 5.34. The maximum Gasteiger partial charge on any atom is 0.101 e. The number of hydrogen-bond donors (Lipinski definition) is 0. The number of ether oxygens (including phenoxy) is 2. The van der Waals surface area contributed by atoms with E-state index in [9.17, 15) is 0 Å². The lowest BCUT2D eigenvalue weighted by atomic mass is 10.1. The van der Waals surface area contributed by atoms with Gasteiger partial charge in [0.05, 0.1) is 37.3 Å². The topological polar surface area (TPSA) is 40.7 Å². The molecular formula is C15H16N2O2. The second-order valence-electron chi connectivity index (χ2n) is 5.18. The molecule has 4 rings (SSSR count). The molecule has 0 saturated carbocycles. The first kappa shape index (κ1) is 11.2. The summed E-state index contributed by atoms with van der Waals surface area (Å²) in [4.78, 5) is 0. The molecule has 3 aliphatic rings. The molecule has 19 heavy (non-hydrogen) atoms. The van der Waals surface area contributed by atoms with Crippen molar-refractivity contribution in [2.45, 2.75) is 18.6 Å². The first-order valence-corrected chi connectivity index (χ1v) is 6.74. The highest BCUT2D eigenvalue weighted by Crippen LogP contribution is 2.28. The predicted octanol–water partition coefficient (Wildman–Crippen LogP) is 2.06. The SMILES string of the molecule is C1=Cc2ccccc2N(CC2CO2)N=C1CC1CO1. The van der Waals surface area contributed by atoms with E-state index < -0.39 is 0 Å². The number of para-hydroxylation sites is 1. The molecule has 1 aromatic rings. The fraction of sp³-hybridized carbons (Fsp3) is 0.400. The average molecular weight is 256 g/mol. The molecule has 4 nitrogen and oxygen atoms in total. The fourth-order valence-corrected chi connectivity index (χ4v) is 2.33. The molecule has 0 bridgehead atoms. The van der Waals surface area contributed by atoms with Crippen molar-refractivity contribution in [3.63, 3.8) is 0 Å². The van der Waals surface area contributed by atoms with Crippen LogP contribution in [0.25, 0.3) is 6.08 Å². The highest BCUT2D eigenvalue weighted by atomic mass is 16.6. The number of fused-ring (bicyclic) bond motifs is 1. The van der Waals surface area contributed by atoms with E-state index in [1.54, 1.807) is 0 Å². The van der Waals surface area contributed by atoms with Gasteiger partial charge in [-0.2, -0.15) is 5.10 Å². The van der Waals surface area contributed by atoms with E-state index in [1.807, 2.05) is 0 Å². The van der Waals surface area contributed by atoms with Crippen molar-refractivity contribution < 1.29 is 9.47 Å². The zero-order valence-electron chi connectivity index (χ0n) is 10.7. The maximum atomic E-state index is 5.34. The number of allylic oxidation sites excluding steroid dienone is 1. The molecule has 2 saturated heterocycles. The normalized spacial score (nSPS) is 27.6. The molecule has 0 amide bonds. The highest BCUT2D eigenvalue weighted by Gasteiger charge is 2.29. The van der Waals surface area contributed by atoms with Crippen molar-refractivity contribution in [2.24, 2.45) is 5.10 Å². The standard InChI is InChI=1S/C15H16N2O2/c1-2-4-15-11(3-1)5-6-12(7-13-9-18-13)16-17(15)8-14-10-19-14/h1-6,13-14H,7-10H2. The number of hydrogen-bond acceptors (Lipinski definition) is 4. The van der Waals surface area contributed by atoms with Crippen LogP contribution in [0.2, 0.25) is 0 Å². The number of epoxide rings is 2. The van der Waals surface area contributed by atoms with Crippen LogP contribution in [-0.2, 0) is 9.47 Å². The Labute approximate surface area is 112 Å². The molecule has 2 fully saturated rings. The molecule has 0 aliphatic carbocycles. The molecule has 98 valence electrons. The zero-order valence-corrected chi connectivity index (χ0v) is 10.7. The van der Waals surface area contributed by atoms with Crippen LogP contribution < -0.4 is 5.01 Å². The van der Waals surface area contributed by atoms with Gasteiger partial charge in [0.2, 0.25) is 0 Å². The lowest BCUT2D eigenvalue weighted by Crippen LogP contribution is -2.23. The van der Waals surface area contributed by atoms with Crippen molar-refractivity contribution in [2.75, 3.05) is 24.8 Å². The predicted molar refractivity (Wildman–Crippen MR) is 74.4 cm³/mol. The van der Waals surface area contributed by atoms with Crippen molar-refractivity contribution in [3.8, 4) is 0 Å². The van der Waals surface area contributed by atoms with E-state index in [4.69, 9.17) is 14.6 Å². The Morgan fingerprint density at radius 2 is 1.89 bits per heavy atom. The summed E-state index contributed by atoms with van der Waals surface area (Å²) in [5.74, 6) is 0. The average Bonchev–Trinajstić information content (AvgIpc) is 3.29. The smallest absolute Gasteiger partial charge is 0.101 e. The monoisotopic (exact) mass is 256 g/mol. The summed E-state index contributed by atoms with van der Waals surface area (Å²) in [6, 6.07) is 8.35. The Morgan fingerprint density at radius 1 is 1.11 bits per heavy atom. The first-order chi connectivity index (χ1) is 9.38. The molecule has 0 radical (unpaired) electrons. The van der Waals surface area contributed by atoms with Gasteiger partial charge in [-0.05, 0) is 17.7 Å². The number of hydrazone groups is 1. The molecule has 0 aromatic heterocycles. The van der Waals surface area contributed by atoms with Gasteiger partial charge in [-0.3, -0.25) is 5.01 Å². The molecule has 3 aliphatic heterocycles. The van der Waals surface area contributed by atoms with Crippen molar-refractivity contribution >= 4 is 17.5 Å². The largest absolute Gasteiger partial charge is 0.373 e. The summed E-state index contributed by atoms with van der Waals surface area (Å²) in [6.07, 6.45) is 5.84. The third-order valence-corrected chi connectivity index (χ3v) is 3.54. The molecule has 0 N–H and O–H groups in total. The third kappa shape index (κ3) is 2.55. The van der Waals surface area contributed by atoms with E-state index in [2.05, 4.69) is 41.4 Å². The fourth-order valence-electron chi connectivity index (χ4n) is 2.33. The van der Waals surface area contributed by atoms with Gasteiger partial charge in [0, 0.05) is 6.42 Å². The van der Waals surface area contributed by atoms with Gasteiger partial charge >= 0.3 is 0 Å². The van der Waals surface area contributed by atoms with Crippen LogP contribution in [0.1, 0.15) is 12.0 Å². The van der Waals surface area contributed by atoms with Crippen LogP contribution in [-0.4, -0.2) is 37.7 Å². The summed E-state index contributed by atoms with van der Waals surface area (Å²) >= 11 is 0. The minimum absolute atomic E-state index is 0.327. The lowest BCUT2D eigenvalue weighted by Gasteiger charge is -2.19. The van der Waals surface area contributed by atoms with Gasteiger partial charge in [-0.15, -0.1) is 0 Å². The summed E-state index contributed by atoms with van der Waals surface area (Å²) in [5, 5.41) is 6.85. The third-order valence-electron chi connectivity index (χ3n) is 3.54. The Bertz CT molecular complexity index is 545. The number of nitrogens with zero attached hydrogens (tertiary/aromatic N) is 2. The van der Waals surface area contributed by atoms with Crippen LogP contribution >= 0.6 is 0 Å². The molecular weight excluding hydrogens is 240 g/mol. The molecule has 2 atom stereocenters. The van der Waals surface area contributed by atoms with E-state index in [0.29, 0.717) is 12.2 Å². The molecule has 4 heteroatoms. The van der Waals surface area contributed by atoms with E-state index in [-0.39, 0.29) is 0 Å². The van der Waals surface area contributed by atoms with Gasteiger partial charge in [-0.1, -0.05) is 24.3 Å². The van der Waals surface area contributed by atoms with Crippen LogP contribution in [0.5, 0.6) is 0 Å². The van der Waals surface area contributed by atoms with Crippen molar-refractivity contribution in [3.05, 3.63) is 35.9 Å².